The van der Waals surface area contributed by atoms with Crippen LogP contribution in [0.1, 0.15) is 24.0 Å². The van der Waals surface area contributed by atoms with Gasteiger partial charge in [0.15, 0.2) is 0 Å². The lowest BCUT2D eigenvalue weighted by Crippen LogP contribution is -2.36. The Hall–Kier alpha value is -2.47. The molecule has 4 rings (SSSR count). The molecule has 0 saturated carbocycles. The average Bonchev–Trinajstić information content (AvgIpc) is 2.66. The number of hydrogen-bond acceptors (Lipinski definition) is 3. The number of fused-ring (bicyclic) bond motifs is 2. The number of rotatable bonds is 3. The van der Waals surface area contributed by atoms with E-state index < -0.39 is 0 Å². The fraction of sp³-hybridized carbons (Fsp3) is 0.286. The molecule has 5 nitrogen and oxygen atoms in total. The molecule has 6 heteroatoms. The van der Waals surface area contributed by atoms with Crippen LogP contribution in [0, 0.1) is 6.92 Å². The highest BCUT2D eigenvalue weighted by Crippen LogP contribution is 2.33. The number of aryl methyl sites for hydroxylation is 3. The molecular weight excluding hydrogens is 406 g/mol. The largest absolute Gasteiger partial charge is 0.312 e. The summed E-state index contributed by atoms with van der Waals surface area (Å²) in [5, 5.41) is 4.85. The van der Waals surface area contributed by atoms with Crippen molar-refractivity contribution in [3.8, 4) is 0 Å². The first-order chi connectivity index (χ1) is 13.0. The van der Waals surface area contributed by atoms with Crippen molar-refractivity contribution in [1.29, 1.82) is 0 Å². The highest BCUT2D eigenvalue weighted by Gasteiger charge is 2.24. The van der Waals surface area contributed by atoms with Gasteiger partial charge in [0, 0.05) is 28.5 Å². The van der Waals surface area contributed by atoms with E-state index in [9.17, 15) is 9.59 Å². The lowest BCUT2D eigenvalue weighted by molar-refractivity contribution is -0.118. The van der Waals surface area contributed by atoms with Crippen LogP contribution in [0.15, 0.2) is 51.9 Å². The lowest BCUT2D eigenvalue weighted by atomic mass is 9.98. The van der Waals surface area contributed by atoms with Gasteiger partial charge in [-0.2, -0.15) is 5.10 Å². The van der Waals surface area contributed by atoms with Gasteiger partial charge in [-0.15, -0.1) is 0 Å². The lowest BCUT2D eigenvalue weighted by Gasteiger charge is -2.31. The molecule has 1 amide bonds. The third kappa shape index (κ3) is 3.41. The fourth-order valence-electron chi connectivity index (χ4n) is 3.85. The van der Waals surface area contributed by atoms with Crippen molar-refractivity contribution < 1.29 is 4.79 Å². The molecule has 27 heavy (non-hydrogen) atoms. The molecule has 0 spiro atoms. The minimum atomic E-state index is -0.0978. The Morgan fingerprint density at radius 2 is 2.07 bits per heavy atom. The molecule has 0 fully saturated rings. The first-order valence-corrected chi connectivity index (χ1v) is 9.88. The van der Waals surface area contributed by atoms with Crippen LogP contribution in [0.3, 0.4) is 0 Å². The van der Waals surface area contributed by atoms with Gasteiger partial charge in [0.2, 0.25) is 11.3 Å². The van der Waals surface area contributed by atoms with Crippen LogP contribution < -0.4 is 10.3 Å². The number of amides is 1. The third-order valence-corrected chi connectivity index (χ3v) is 5.50. The van der Waals surface area contributed by atoms with Gasteiger partial charge in [-0.25, -0.2) is 0 Å². The number of anilines is 1. The SMILES string of the molecule is Cc1cc(Br)cc2c1N(C(=O)CCn1ncc(=O)c3ccccc31)CCC2. The molecule has 3 aromatic rings. The topological polar surface area (TPSA) is 55.2 Å². The molecule has 0 unspecified atom stereocenters. The zero-order chi connectivity index (χ0) is 19.0. The summed E-state index contributed by atoms with van der Waals surface area (Å²) in [6.45, 7) is 3.24. The minimum Gasteiger partial charge on any atom is -0.312 e. The van der Waals surface area contributed by atoms with E-state index in [4.69, 9.17) is 0 Å². The molecule has 0 atom stereocenters. The summed E-state index contributed by atoms with van der Waals surface area (Å²) < 4.78 is 2.80. The van der Waals surface area contributed by atoms with Crippen molar-refractivity contribution in [2.45, 2.75) is 32.7 Å². The Kier molecular flexibility index (Phi) is 4.83. The monoisotopic (exact) mass is 425 g/mol. The van der Waals surface area contributed by atoms with Crippen molar-refractivity contribution in [3.63, 3.8) is 0 Å². The number of nitrogens with zero attached hydrogens (tertiary/aromatic N) is 3. The average molecular weight is 426 g/mol. The molecule has 0 radical (unpaired) electrons. The first kappa shape index (κ1) is 17.9. The van der Waals surface area contributed by atoms with Gasteiger partial charge in [0.1, 0.15) is 0 Å². The Bertz CT molecular complexity index is 1090. The molecule has 1 aromatic heterocycles. The van der Waals surface area contributed by atoms with Crippen LogP contribution >= 0.6 is 15.9 Å². The summed E-state index contributed by atoms with van der Waals surface area (Å²) in [5.41, 5.74) is 4.04. The molecule has 2 heterocycles. The van der Waals surface area contributed by atoms with Crippen LogP contribution in [-0.4, -0.2) is 22.2 Å². The quantitative estimate of drug-likeness (QED) is 0.640. The van der Waals surface area contributed by atoms with Crippen molar-refractivity contribution in [3.05, 3.63) is 68.4 Å². The Morgan fingerprint density at radius 1 is 1.26 bits per heavy atom. The molecule has 1 aliphatic heterocycles. The molecule has 2 aromatic carbocycles. The number of halogens is 1. The summed E-state index contributed by atoms with van der Waals surface area (Å²) in [6, 6.07) is 11.5. The van der Waals surface area contributed by atoms with E-state index in [0.717, 1.165) is 40.6 Å². The number of carbonyl (C=O) groups is 1. The summed E-state index contributed by atoms with van der Waals surface area (Å²) in [6.07, 6.45) is 3.62. The second kappa shape index (κ2) is 7.27. The van der Waals surface area contributed by atoms with Gasteiger partial charge in [-0.3, -0.25) is 14.3 Å². The van der Waals surface area contributed by atoms with Crippen LogP contribution in [0.2, 0.25) is 0 Å². The molecule has 138 valence electrons. The van der Waals surface area contributed by atoms with E-state index in [1.54, 1.807) is 10.7 Å². The van der Waals surface area contributed by atoms with E-state index in [0.29, 0.717) is 18.4 Å². The number of para-hydroxylation sites is 1. The normalized spacial score (nSPS) is 13.6. The second-order valence-corrected chi connectivity index (χ2v) is 7.79. The van der Waals surface area contributed by atoms with Gasteiger partial charge >= 0.3 is 0 Å². The second-order valence-electron chi connectivity index (χ2n) is 6.88. The Balaban J connectivity index is 1.59. The summed E-state index contributed by atoms with van der Waals surface area (Å²) in [4.78, 5) is 26.9. The van der Waals surface area contributed by atoms with Gasteiger partial charge in [0.05, 0.1) is 18.3 Å². The minimum absolute atomic E-state index is 0.0888. The van der Waals surface area contributed by atoms with Gasteiger partial charge < -0.3 is 4.90 Å². The first-order valence-electron chi connectivity index (χ1n) is 9.09. The predicted molar refractivity (Wildman–Crippen MR) is 110 cm³/mol. The van der Waals surface area contributed by atoms with Gasteiger partial charge in [-0.1, -0.05) is 28.1 Å². The molecule has 0 bridgehead atoms. The number of carbonyl (C=O) groups excluding carboxylic acids is 1. The highest BCUT2D eigenvalue weighted by atomic mass is 79.9. The predicted octanol–water partition coefficient (Wildman–Crippen LogP) is 3.84. The molecule has 1 aliphatic rings. The van der Waals surface area contributed by atoms with Gasteiger partial charge in [0.25, 0.3) is 0 Å². The van der Waals surface area contributed by atoms with E-state index in [1.165, 1.54) is 11.8 Å². The van der Waals surface area contributed by atoms with Gasteiger partial charge in [-0.05, 0) is 55.2 Å². The van der Waals surface area contributed by atoms with E-state index >= 15 is 0 Å². The standard InChI is InChI=1S/C21H20BrN3O2/c1-14-11-16(22)12-15-5-4-9-24(21(14)15)20(27)8-10-25-18-7-3-2-6-17(18)19(26)13-23-25/h2-3,6-7,11-13H,4-5,8-10H2,1H3. The third-order valence-electron chi connectivity index (χ3n) is 5.04. The summed E-state index contributed by atoms with van der Waals surface area (Å²) in [7, 11) is 0. The number of hydrogen-bond donors (Lipinski definition) is 0. The maximum atomic E-state index is 13.0. The van der Waals surface area contributed by atoms with Crippen molar-refractivity contribution >= 4 is 38.4 Å². The molecular formula is C21H20BrN3O2. The van der Waals surface area contributed by atoms with E-state index in [2.05, 4.69) is 33.2 Å². The molecule has 0 saturated heterocycles. The maximum Gasteiger partial charge on any atom is 0.228 e. The molecule has 0 N–H and O–H groups in total. The van der Waals surface area contributed by atoms with Crippen LogP contribution in [0.4, 0.5) is 5.69 Å². The summed E-state index contributed by atoms with van der Waals surface area (Å²) >= 11 is 3.55. The number of aromatic nitrogens is 2. The highest BCUT2D eigenvalue weighted by molar-refractivity contribution is 9.10. The fourth-order valence-corrected chi connectivity index (χ4v) is 4.47. The van der Waals surface area contributed by atoms with Crippen LogP contribution in [0.25, 0.3) is 10.9 Å². The van der Waals surface area contributed by atoms with Crippen molar-refractivity contribution in [1.82, 2.24) is 9.78 Å². The zero-order valence-electron chi connectivity index (χ0n) is 15.1. The van der Waals surface area contributed by atoms with E-state index in [-0.39, 0.29) is 11.3 Å². The maximum absolute atomic E-state index is 13.0. The van der Waals surface area contributed by atoms with Crippen molar-refractivity contribution in [2.24, 2.45) is 0 Å². The Labute approximate surface area is 165 Å². The summed E-state index contributed by atoms with van der Waals surface area (Å²) in [5.74, 6) is 0.0888. The van der Waals surface area contributed by atoms with E-state index in [1.807, 2.05) is 30.0 Å². The van der Waals surface area contributed by atoms with Crippen LogP contribution in [0.5, 0.6) is 0 Å². The zero-order valence-corrected chi connectivity index (χ0v) is 16.7. The Morgan fingerprint density at radius 3 is 2.93 bits per heavy atom. The smallest absolute Gasteiger partial charge is 0.228 e. The number of benzene rings is 2. The van der Waals surface area contributed by atoms with Crippen LogP contribution in [-0.2, 0) is 17.8 Å². The molecule has 0 aliphatic carbocycles. The van der Waals surface area contributed by atoms with Crippen molar-refractivity contribution in [2.75, 3.05) is 11.4 Å².